The van der Waals surface area contributed by atoms with Gasteiger partial charge in [-0.2, -0.15) is 0 Å². The number of carbonyl (C=O) groups is 2. The van der Waals surface area contributed by atoms with Gasteiger partial charge in [0.05, 0.1) is 0 Å². The van der Waals surface area contributed by atoms with E-state index in [0.717, 1.165) is 12.0 Å². The van der Waals surface area contributed by atoms with E-state index in [1.165, 1.54) is 0 Å². The molecular weight excluding hydrogens is 332 g/mol. The minimum atomic E-state index is -0.453. The standard InChI is InChI=1S/C20H22N2O4/c1-3-12-25-17-10-8-16(9-11-17)20(24)22-21-19(23)14-26-18-7-5-6-15(4-2)13-18/h3,5-11,13H,1,4,12,14H2,2H3,(H,21,23)(H,22,24). The molecule has 2 aromatic carbocycles. The van der Waals surface area contributed by atoms with Crippen molar-refractivity contribution in [2.45, 2.75) is 13.3 Å². The van der Waals surface area contributed by atoms with Gasteiger partial charge in [0.2, 0.25) is 0 Å². The van der Waals surface area contributed by atoms with Gasteiger partial charge in [-0.25, -0.2) is 0 Å². The Hall–Kier alpha value is -3.28. The van der Waals surface area contributed by atoms with Crippen molar-refractivity contribution in [3.8, 4) is 11.5 Å². The molecule has 0 saturated heterocycles. The first-order valence-electron chi connectivity index (χ1n) is 8.27. The van der Waals surface area contributed by atoms with Crippen molar-refractivity contribution in [3.63, 3.8) is 0 Å². The summed E-state index contributed by atoms with van der Waals surface area (Å²) in [6.45, 7) is 5.81. The molecule has 136 valence electrons. The maximum atomic E-state index is 12.0. The van der Waals surface area contributed by atoms with Gasteiger partial charge in [0.1, 0.15) is 18.1 Å². The second-order valence-corrected chi connectivity index (χ2v) is 5.42. The normalized spacial score (nSPS) is 9.88. The lowest BCUT2D eigenvalue weighted by atomic mass is 10.2. The van der Waals surface area contributed by atoms with Crippen LogP contribution in [-0.2, 0) is 11.2 Å². The van der Waals surface area contributed by atoms with Crippen molar-refractivity contribution in [1.29, 1.82) is 0 Å². The van der Waals surface area contributed by atoms with E-state index in [9.17, 15) is 9.59 Å². The molecule has 0 fully saturated rings. The van der Waals surface area contributed by atoms with Gasteiger partial charge in [-0.3, -0.25) is 20.4 Å². The SMILES string of the molecule is C=CCOc1ccc(C(=O)NNC(=O)COc2cccc(CC)c2)cc1. The van der Waals surface area contributed by atoms with Crippen LogP contribution >= 0.6 is 0 Å². The number of amides is 2. The van der Waals surface area contributed by atoms with E-state index in [-0.39, 0.29) is 6.61 Å². The molecule has 26 heavy (non-hydrogen) atoms. The summed E-state index contributed by atoms with van der Waals surface area (Å²) in [6.07, 6.45) is 2.52. The minimum absolute atomic E-state index is 0.193. The lowest BCUT2D eigenvalue weighted by Crippen LogP contribution is -2.43. The molecule has 2 aromatic rings. The molecule has 0 unspecified atom stereocenters. The van der Waals surface area contributed by atoms with Gasteiger partial charge >= 0.3 is 0 Å². The molecule has 0 bridgehead atoms. The second kappa shape index (κ2) is 9.88. The Morgan fingerprint density at radius 3 is 2.50 bits per heavy atom. The lowest BCUT2D eigenvalue weighted by Gasteiger charge is -2.10. The maximum absolute atomic E-state index is 12.0. The number of hydrogen-bond acceptors (Lipinski definition) is 4. The Labute approximate surface area is 152 Å². The smallest absolute Gasteiger partial charge is 0.276 e. The highest BCUT2D eigenvalue weighted by Gasteiger charge is 2.08. The largest absolute Gasteiger partial charge is 0.490 e. The van der Waals surface area contributed by atoms with Crippen LogP contribution in [0.4, 0.5) is 0 Å². The number of aryl methyl sites for hydroxylation is 1. The van der Waals surface area contributed by atoms with Crippen LogP contribution in [0.25, 0.3) is 0 Å². The van der Waals surface area contributed by atoms with E-state index in [0.29, 0.717) is 23.7 Å². The molecule has 6 nitrogen and oxygen atoms in total. The molecule has 2 rings (SSSR count). The summed E-state index contributed by atoms with van der Waals surface area (Å²) in [5.74, 6) is 0.363. The van der Waals surface area contributed by atoms with Crippen LogP contribution in [0.3, 0.4) is 0 Å². The first-order chi connectivity index (χ1) is 12.6. The Balaban J connectivity index is 1.77. The summed E-state index contributed by atoms with van der Waals surface area (Å²) in [5, 5.41) is 0. The van der Waals surface area contributed by atoms with Crippen molar-refractivity contribution < 1.29 is 19.1 Å². The van der Waals surface area contributed by atoms with Gasteiger partial charge in [-0.1, -0.05) is 31.7 Å². The summed E-state index contributed by atoms with van der Waals surface area (Å²) in [4.78, 5) is 23.8. The predicted molar refractivity (Wildman–Crippen MR) is 99.1 cm³/mol. The Kier molecular flexibility index (Phi) is 7.24. The third-order valence-electron chi connectivity index (χ3n) is 3.48. The van der Waals surface area contributed by atoms with Crippen LogP contribution < -0.4 is 20.3 Å². The van der Waals surface area contributed by atoms with E-state index >= 15 is 0 Å². The topological polar surface area (TPSA) is 76.7 Å². The highest BCUT2D eigenvalue weighted by molar-refractivity contribution is 5.95. The number of rotatable bonds is 8. The minimum Gasteiger partial charge on any atom is -0.490 e. The fourth-order valence-electron chi connectivity index (χ4n) is 2.10. The first-order valence-corrected chi connectivity index (χ1v) is 8.27. The molecule has 0 aliphatic rings. The summed E-state index contributed by atoms with van der Waals surface area (Å²) in [7, 11) is 0. The van der Waals surface area contributed by atoms with Gasteiger partial charge in [-0.05, 0) is 48.4 Å². The molecule has 0 radical (unpaired) electrons. The van der Waals surface area contributed by atoms with Crippen LogP contribution in [0, 0.1) is 0 Å². The van der Waals surface area contributed by atoms with E-state index < -0.39 is 11.8 Å². The molecule has 2 N–H and O–H groups in total. The van der Waals surface area contributed by atoms with Crippen molar-refractivity contribution in [2.24, 2.45) is 0 Å². The number of nitrogens with one attached hydrogen (secondary N) is 2. The summed E-state index contributed by atoms with van der Waals surface area (Å²) >= 11 is 0. The third kappa shape index (κ3) is 5.98. The fourth-order valence-corrected chi connectivity index (χ4v) is 2.10. The molecule has 0 atom stereocenters. The van der Waals surface area contributed by atoms with Crippen LogP contribution in [0.15, 0.2) is 61.2 Å². The summed E-state index contributed by atoms with van der Waals surface area (Å²) in [6, 6.07) is 14.1. The third-order valence-corrected chi connectivity index (χ3v) is 3.48. The van der Waals surface area contributed by atoms with Gasteiger partial charge in [0.15, 0.2) is 6.61 Å². The molecule has 0 aliphatic carbocycles. The Morgan fingerprint density at radius 1 is 1.04 bits per heavy atom. The average molecular weight is 354 g/mol. The highest BCUT2D eigenvalue weighted by atomic mass is 16.5. The average Bonchev–Trinajstić information content (AvgIpc) is 2.69. The van der Waals surface area contributed by atoms with Crippen LogP contribution in [0.1, 0.15) is 22.8 Å². The lowest BCUT2D eigenvalue weighted by molar-refractivity contribution is -0.123. The maximum Gasteiger partial charge on any atom is 0.276 e. The van der Waals surface area contributed by atoms with E-state index in [2.05, 4.69) is 17.4 Å². The second-order valence-electron chi connectivity index (χ2n) is 5.42. The van der Waals surface area contributed by atoms with Gasteiger partial charge in [-0.15, -0.1) is 0 Å². The summed E-state index contributed by atoms with van der Waals surface area (Å²) in [5.41, 5.74) is 6.18. The van der Waals surface area contributed by atoms with Crippen molar-refractivity contribution >= 4 is 11.8 Å². The number of hydrogen-bond donors (Lipinski definition) is 2. The predicted octanol–water partition coefficient (Wildman–Crippen LogP) is 2.65. The molecule has 0 saturated carbocycles. The number of hydrazine groups is 1. The molecular formula is C20H22N2O4. The number of ether oxygens (including phenoxy) is 2. The summed E-state index contributed by atoms with van der Waals surface area (Å²) < 4.78 is 10.8. The fraction of sp³-hybridized carbons (Fsp3) is 0.200. The highest BCUT2D eigenvalue weighted by Crippen LogP contribution is 2.13. The molecule has 2 amide bonds. The zero-order valence-electron chi connectivity index (χ0n) is 14.7. The van der Waals surface area contributed by atoms with Gasteiger partial charge in [0, 0.05) is 5.56 Å². The van der Waals surface area contributed by atoms with Crippen molar-refractivity contribution in [1.82, 2.24) is 10.9 Å². The van der Waals surface area contributed by atoms with Crippen LogP contribution in [0.2, 0.25) is 0 Å². The zero-order valence-corrected chi connectivity index (χ0v) is 14.7. The Morgan fingerprint density at radius 2 is 1.81 bits per heavy atom. The monoisotopic (exact) mass is 354 g/mol. The van der Waals surface area contributed by atoms with Crippen LogP contribution in [-0.4, -0.2) is 25.0 Å². The van der Waals surface area contributed by atoms with E-state index in [1.807, 2.05) is 25.1 Å². The molecule has 0 spiro atoms. The van der Waals surface area contributed by atoms with E-state index in [1.54, 1.807) is 36.4 Å². The van der Waals surface area contributed by atoms with Crippen LogP contribution in [0.5, 0.6) is 11.5 Å². The molecule has 0 aromatic heterocycles. The Bertz CT molecular complexity index is 757. The number of carbonyl (C=O) groups excluding carboxylic acids is 2. The quantitative estimate of drug-likeness (QED) is 0.564. The van der Waals surface area contributed by atoms with Gasteiger partial charge in [0.25, 0.3) is 11.8 Å². The molecule has 6 heteroatoms. The first kappa shape index (κ1) is 19.1. The van der Waals surface area contributed by atoms with Crippen molar-refractivity contribution in [3.05, 3.63) is 72.3 Å². The molecule has 0 aliphatic heterocycles. The number of benzene rings is 2. The van der Waals surface area contributed by atoms with Crippen molar-refractivity contribution in [2.75, 3.05) is 13.2 Å². The van der Waals surface area contributed by atoms with Gasteiger partial charge < -0.3 is 9.47 Å². The molecule has 0 heterocycles. The van der Waals surface area contributed by atoms with E-state index in [4.69, 9.17) is 9.47 Å². The zero-order chi connectivity index (χ0) is 18.8.